The number of aromatic nitrogens is 4. The Kier molecular flexibility index (Phi) is 3.04. The van der Waals surface area contributed by atoms with Gasteiger partial charge in [0.1, 0.15) is 0 Å². The van der Waals surface area contributed by atoms with Crippen LogP contribution in [0.3, 0.4) is 0 Å². The Morgan fingerprint density at radius 2 is 1.80 bits per heavy atom. The van der Waals surface area contributed by atoms with Crippen molar-refractivity contribution in [3.05, 3.63) is 5.89 Å². The van der Waals surface area contributed by atoms with Crippen LogP contribution in [0, 0.1) is 0 Å². The van der Waals surface area contributed by atoms with Crippen molar-refractivity contribution in [2.75, 3.05) is 31.2 Å². The number of morpholine rings is 1. The number of nitrogens with zero attached hydrogens (tertiary/aromatic N) is 5. The lowest BCUT2D eigenvalue weighted by Gasteiger charge is -2.26. The molecule has 0 aliphatic carbocycles. The lowest BCUT2D eigenvalue weighted by atomic mass is 10.3. The fourth-order valence-corrected chi connectivity index (χ4v) is 1.74. The molecule has 8 nitrogen and oxygen atoms in total. The van der Waals surface area contributed by atoms with E-state index in [0.717, 1.165) is 0 Å². The summed E-state index contributed by atoms with van der Waals surface area (Å²) in [6.07, 6.45) is -4.71. The average molecular weight is 291 g/mol. The molecule has 0 saturated carbocycles. The van der Waals surface area contributed by atoms with Crippen LogP contribution in [-0.2, 0) is 10.9 Å². The minimum absolute atomic E-state index is 0.00569. The van der Waals surface area contributed by atoms with E-state index >= 15 is 0 Å². The standard InChI is InChI=1S/C9H8F3N5O3/c10-9(11,12)8-13-6(15-19-8)5-7(16-20-14-5)17-1-3-18-4-2-17/h1-4H2. The van der Waals surface area contributed by atoms with Crippen LogP contribution in [0.25, 0.3) is 11.5 Å². The normalized spacial score (nSPS) is 16.6. The number of rotatable bonds is 2. The van der Waals surface area contributed by atoms with Crippen molar-refractivity contribution in [1.29, 1.82) is 0 Å². The SMILES string of the molecule is FC(F)(F)c1nc(-c2nonc2N2CCOCC2)no1. The molecule has 0 amide bonds. The zero-order valence-corrected chi connectivity index (χ0v) is 9.92. The third-order valence-electron chi connectivity index (χ3n) is 2.66. The largest absolute Gasteiger partial charge is 0.471 e. The van der Waals surface area contributed by atoms with Gasteiger partial charge in [0.25, 0.3) is 0 Å². The van der Waals surface area contributed by atoms with Crippen LogP contribution in [0.5, 0.6) is 0 Å². The molecular formula is C9H8F3N5O3. The Bertz CT molecular complexity index is 590. The van der Waals surface area contributed by atoms with Gasteiger partial charge in [0.15, 0.2) is 5.69 Å². The summed E-state index contributed by atoms with van der Waals surface area (Å²) in [6, 6.07) is 0. The summed E-state index contributed by atoms with van der Waals surface area (Å²) < 4.78 is 51.1. The summed E-state index contributed by atoms with van der Waals surface area (Å²) in [4.78, 5) is 5.02. The first kappa shape index (κ1) is 12.8. The Labute approximate surface area is 109 Å². The van der Waals surface area contributed by atoms with E-state index in [4.69, 9.17) is 4.74 Å². The van der Waals surface area contributed by atoms with Gasteiger partial charge in [-0.05, 0) is 10.3 Å². The second kappa shape index (κ2) is 4.74. The molecule has 1 aliphatic rings. The van der Waals surface area contributed by atoms with E-state index in [9.17, 15) is 13.2 Å². The molecule has 0 unspecified atom stereocenters. The predicted octanol–water partition coefficient (Wildman–Crippen LogP) is 0.975. The Morgan fingerprint density at radius 3 is 2.45 bits per heavy atom. The first-order chi connectivity index (χ1) is 9.55. The minimum atomic E-state index is -4.71. The lowest BCUT2D eigenvalue weighted by Crippen LogP contribution is -2.36. The predicted molar refractivity (Wildman–Crippen MR) is 55.6 cm³/mol. The van der Waals surface area contributed by atoms with Gasteiger partial charge in [-0.25, -0.2) is 4.63 Å². The van der Waals surface area contributed by atoms with Crippen molar-refractivity contribution >= 4 is 5.82 Å². The van der Waals surface area contributed by atoms with Crippen molar-refractivity contribution in [3.63, 3.8) is 0 Å². The van der Waals surface area contributed by atoms with Crippen molar-refractivity contribution in [2.45, 2.75) is 6.18 Å². The summed E-state index contributed by atoms with van der Waals surface area (Å²) in [5, 5.41) is 10.5. The monoisotopic (exact) mass is 291 g/mol. The zero-order valence-electron chi connectivity index (χ0n) is 9.92. The fourth-order valence-electron chi connectivity index (χ4n) is 1.74. The second-order valence-electron chi connectivity index (χ2n) is 3.96. The van der Waals surface area contributed by atoms with E-state index in [2.05, 4.69) is 29.6 Å². The molecule has 0 spiro atoms. The Hall–Kier alpha value is -2.17. The van der Waals surface area contributed by atoms with E-state index in [1.807, 2.05) is 0 Å². The molecule has 0 aromatic carbocycles. The van der Waals surface area contributed by atoms with Crippen molar-refractivity contribution in [2.24, 2.45) is 0 Å². The minimum Gasteiger partial charge on any atom is -0.378 e. The number of halogens is 3. The van der Waals surface area contributed by atoms with Gasteiger partial charge in [-0.3, -0.25) is 0 Å². The topological polar surface area (TPSA) is 90.3 Å². The highest BCUT2D eigenvalue weighted by molar-refractivity contribution is 5.65. The molecule has 3 rings (SSSR count). The highest BCUT2D eigenvalue weighted by atomic mass is 19.4. The van der Waals surface area contributed by atoms with Crippen LogP contribution in [-0.4, -0.2) is 46.8 Å². The molecule has 1 aliphatic heterocycles. The number of alkyl halides is 3. The molecule has 20 heavy (non-hydrogen) atoms. The van der Waals surface area contributed by atoms with Gasteiger partial charge in [-0.2, -0.15) is 18.2 Å². The third-order valence-corrected chi connectivity index (χ3v) is 2.66. The van der Waals surface area contributed by atoms with Gasteiger partial charge in [0.2, 0.25) is 11.6 Å². The van der Waals surface area contributed by atoms with Gasteiger partial charge in [0.05, 0.1) is 13.2 Å². The second-order valence-corrected chi connectivity index (χ2v) is 3.96. The molecule has 0 N–H and O–H groups in total. The van der Waals surface area contributed by atoms with Crippen LogP contribution in [0.15, 0.2) is 9.15 Å². The van der Waals surface area contributed by atoms with Gasteiger partial charge in [0, 0.05) is 13.1 Å². The molecule has 3 heterocycles. The van der Waals surface area contributed by atoms with Crippen LogP contribution in [0.2, 0.25) is 0 Å². The first-order valence-corrected chi connectivity index (χ1v) is 5.62. The van der Waals surface area contributed by atoms with Gasteiger partial charge >= 0.3 is 12.1 Å². The van der Waals surface area contributed by atoms with Crippen molar-refractivity contribution in [3.8, 4) is 11.5 Å². The van der Waals surface area contributed by atoms with Crippen LogP contribution in [0.1, 0.15) is 5.89 Å². The highest BCUT2D eigenvalue weighted by Gasteiger charge is 2.39. The highest BCUT2D eigenvalue weighted by Crippen LogP contribution is 2.31. The van der Waals surface area contributed by atoms with E-state index in [1.165, 1.54) is 0 Å². The first-order valence-electron chi connectivity index (χ1n) is 5.62. The van der Waals surface area contributed by atoms with Crippen LogP contribution < -0.4 is 4.90 Å². The molecule has 2 aromatic rings. The van der Waals surface area contributed by atoms with E-state index < -0.39 is 12.1 Å². The fraction of sp³-hybridized carbons (Fsp3) is 0.556. The van der Waals surface area contributed by atoms with Crippen LogP contribution >= 0.6 is 0 Å². The van der Waals surface area contributed by atoms with Gasteiger partial charge in [-0.15, -0.1) is 0 Å². The van der Waals surface area contributed by atoms with Gasteiger partial charge in [-0.1, -0.05) is 5.16 Å². The van der Waals surface area contributed by atoms with E-state index in [1.54, 1.807) is 4.90 Å². The molecular weight excluding hydrogens is 283 g/mol. The maximum absolute atomic E-state index is 12.4. The molecule has 2 aromatic heterocycles. The molecule has 0 bridgehead atoms. The Balaban J connectivity index is 1.91. The molecule has 0 atom stereocenters. The number of ether oxygens (including phenoxy) is 1. The zero-order chi connectivity index (χ0) is 14.2. The molecule has 0 radical (unpaired) electrons. The quantitative estimate of drug-likeness (QED) is 0.808. The molecule has 108 valence electrons. The number of hydrogen-bond acceptors (Lipinski definition) is 8. The summed E-state index contributed by atoms with van der Waals surface area (Å²) in [5.41, 5.74) is 0.00569. The lowest BCUT2D eigenvalue weighted by molar-refractivity contribution is -0.159. The van der Waals surface area contributed by atoms with Gasteiger partial charge < -0.3 is 14.2 Å². The summed E-state index contributed by atoms with van der Waals surface area (Å²) >= 11 is 0. The average Bonchev–Trinajstić information content (AvgIpc) is 3.07. The number of hydrogen-bond donors (Lipinski definition) is 0. The summed E-state index contributed by atoms with van der Waals surface area (Å²) in [6.45, 7) is 2.00. The smallest absolute Gasteiger partial charge is 0.378 e. The maximum Gasteiger partial charge on any atom is 0.471 e. The summed E-state index contributed by atoms with van der Waals surface area (Å²) in [5.74, 6) is -1.49. The maximum atomic E-state index is 12.4. The molecule has 1 fully saturated rings. The Morgan fingerprint density at radius 1 is 1.05 bits per heavy atom. The molecule has 11 heteroatoms. The molecule has 1 saturated heterocycles. The van der Waals surface area contributed by atoms with E-state index in [0.29, 0.717) is 26.3 Å². The van der Waals surface area contributed by atoms with Crippen molar-refractivity contribution in [1.82, 2.24) is 20.5 Å². The van der Waals surface area contributed by atoms with E-state index in [-0.39, 0.29) is 17.3 Å². The number of anilines is 1. The summed E-state index contributed by atoms with van der Waals surface area (Å²) in [7, 11) is 0. The van der Waals surface area contributed by atoms with Crippen LogP contribution in [0.4, 0.5) is 19.0 Å². The van der Waals surface area contributed by atoms with Crippen molar-refractivity contribution < 1.29 is 27.1 Å². The third kappa shape index (κ3) is 2.31.